The minimum atomic E-state index is -1.08. The predicted molar refractivity (Wildman–Crippen MR) is 122 cm³/mol. The van der Waals surface area contributed by atoms with Gasteiger partial charge in [-0.3, -0.25) is 19.1 Å². The molecule has 0 saturated heterocycles. The van der Waals surface area contributed by atoms with Crippen molar-refractivity contribution in [3.8, 4) is 0 Å². The van der Waals surface area contributed by atoms with Gasteiger partial charge in [0, 0.05) is 26.2 Å². The molecule has 1 aliphatic heterocycles. The molecule has 8 nitrogen and oxygen atoms in total. The lowest BCUT2D eigenvalue weighted by atomic mass is 9.95. The number of fused-ring (bicyclic) bond motifs is 1. The third kappa shape index (κ3) is 4.84. The quantitative estimate of drug-likeness (QED) is 0.660. The van der Waals surface area contributed by atoms with Crippen molar-refractivity contribution in [2.75, 3.05) is 20.1 Å². The van der Waals surface area contributed by atoms with Crippen molar-refractivity contribution in [1.82, 2.24) is 25.3 Å². The summed E-state index contributed by atoms with van der Waals surface area (Å²) >= 11 is 0. The van der Waals surface area contributed by atoms with Crippen LogP contribution in [0.1, 0.15) is 66.6 Å². The first kappa shape index (κ1) is 23.5. The summed E-state index contributed by atoms with van der Waals surface area (Å²) in [6, 6.07) is 11.4. The molecule has 2 N–H and O–H groups in total. The summed E-state index contributed by atoms with van der Waals surface area (Å²) < 4.78 is 1.47. The highest BCUT2D eigenvalue weighted by atomic mass is 16.2. The monoisotopic (exact) mass is 439 g/mol. The zero-order valence-electron chi connectivity index (χ0n) is 19.5. The van der Waals surface area contributed by atoms with Crippen molar-refractivity contribution in [1.29, 1.82) is 0 Å². The molecule has 32 heavy (non-hydrogen) atoms. The van der Waals surface area contributed by atoms with E-state index in [1.807, 2.05) is 37.3 Å². The number of likely N-dealkylation sites (N-methyl/N-ethyl adjacent to an activating group) is 1. The number of nitrogens with one attached hydrogen (secondary N) is 2. The van der Waals surface area contributed by atoms with Gasteiger partial charge >= 0.3 is 0 Å². The Hall–Kier alpha value is -3.16. The van der Waals surface area contributed by atoms with Crippen LogP contribution in [0.2, 0.25) is 0 Å². The van der Waals surface area contributed by atoms with Crippen molar-refractivity contribution >= 4 is 17.7 Å². The lowest BCUT2D eigenvalue weighted by Gasteiger charge is -2.40. The number of nitrogens with zero attached hydrogens (tertiary/aromatic N) is 3. The summed E-state index contributed by atoms with van der Waals surface area (Å²) in [7, 11) is 1.61. The Morgan fingerprint density at radius 1 is 1.16 bits per heavy atom. The molecule has 1 aromatic carbocycles. The number of benzene rings is 1. The van der Waals surface area contributed by atoms with Crippen molar-refractivity contribution in [3.05, 3.63) is 53.3 Å². The van der Waals surface area contributed by atoms with Gasteiger partial charge in [0.25, 0.3) is 11.8 Å². The number of amides is 3. The summed E-state index contributed by atoms with van der Waals surface area (Å²) in [6.07, 6.45) is 0.859. The molecule has 0 fully saturated rings. The zero-order valence-corrected chi connectivity index (χ0v) is 19.5. The van der Waals surface area contributed by atoms with Crippen LogP contribution in [0, 0.1) is 5.92 Å². The Labute approximate surface area is 189 Å². The number of rotatable bonds is 8. The van der Waals surface area contributed by atoms with E-state index in [9.17, 15) is 14.4 Å². The normalized spacial score (nSPS) is 18.9. The van der Waals surface area contributed by atoms with E-state index in [0.717, 1.165) is 12.0 Å². The van der Waals surface area contributed by atoms with E-state index >= 15 is 0 Å². The van der Waals surface area contributed by atoms with Gasteiger partial charge in [-0.05, 0) is 30.7 Å². The molecule has 0 radical (unpaired) electrons. The highest BCUT2D eigenvalue weighted by molar-refractivity contribution is 6.01. The third-order valence-corrected chi connectivity index (χ3v) is 6.17. The van der Waals surface area contributed by atoms with Crippen LogP contribution in [-0.4, -0.2) is 58.1 Å². The summed E-state index contributed by atoms with van der Waals surface area (Å²) in [5, 5.41) is 10.2. The van der Waals surface area contributed by atoms with E-state index < -0.39 is 5.54 Å². The van der Waals surface area contributed by atoms with E-state index in [1.54, 1.807) is 14.0 Å². The third-order valence-electron chi connectivity index (χ3n) is 6.17. The summed E-state index contributed by atoms with van der Waals surface area (Å²) in [4.78, 5) is 40.0. The fraction of sp³-hybridized carbons (Fsp3) is 0.500. The Morgan fingerprint density at radius 2 is 1.84 bits per heavy atom. The number of carbonyl (C=O) groups is 3. The average molecular weight is 440 g/mol. The lowest BCUT2D eigenvalue weighted by molar-refractivity contribution is -0.132. The Kier molecular flexibility index (Phi) is 7.01. The van der Waals surface area contributed by atoms with Gasteiger partial charge < -0.3 is 15.5 Å². The largest absolute Gasteiger partial charge is 0.354 e. The number of aromatic nitrogens is 2. The van der Waals surface area contributed by atoms with Crippen LogP contribution >= 0.6 is 0 Å². The van der Waals surface area contributed by atoms with Crippen LogP contribution in [0.3, 0.4) is 0 Å². The van der Waals surface area contributed by atoms with Crippen molar-refractivity contribution < 1.29 is 14.4 Å². The number of hydrogen-bond donors (Lipinski definition) is 2. The highest BCUT2D eigenvalue weighted by Gasteiger charge is 2.46. The van der Waals surface area contributed by atoms with Gasteiger partial charge in [0.15, 0.2) is 5.69 Å². The minimum absolute atomic E-state index is 0.142. The summed E-state index contributed by atoms with van der Waals surface area (Å²) in [5.41, 5.74) is 0.531. The van der Waals surface area contributed by atoms with Crippen LogP contribution in [0.15, 0.2) is 36.4 Å². The topological polar surface area (TPSA) is 96.3 Å². The van der Waals surface area contributed by atoms with E-state index in [2.05, 4.69) is 29.6 Å². The second-order valence-electron chi connectivity index (χ2n) is 9.17. The minimum Gasteiger partial charge on any atom is -0.354 e. The fourth-order valence-electron chi connectivity index (χ4n) is 3.74. The van der Waals surface area contributed by atoms with E-state index in [-0.39, 0.29) is 35.9 Å². The zero-order chi connectivity index (χ0) is 23.5. The molecule has 8 heteroatoms. The van der Waals surface area contributed by atoms with Gasteiger partial charge in [-0.25, -0.2) is 0 Å². The molecule has 172 valence electrons. The van der Waals surface area contributed by atoms with Gasteiger partial charge in [0.2, 0.25) is 5.91 Å². The van der Waals surface area contributed by atoms with Crippen LogP contribution in [0.5, 0.6) is 0 Å². The average Bonchev–Trinajstić information content (AvgIpc) is 3.19. The fourth-order valence-corrected chi connectivity index (χ4v) is 3.74. The Morgan fingerprint density at radius 3 is 2.50 bits per heavy atom. The molecular formula is C24H33N5O3. The van der Waals surface area contributed by atoms with Crippen molar-refractivity contribution in [3.63, 3.8) is 0 Å². The first-order valence-corrected chi connectivity index (χ1v) is 11.1. The predicted octanol–water partition coefficient (Wildman–Crippen LogP) is 2.42. The van der Waals surface area contributed by atoms with Crippen LogP contribution in [0.25, 0.3) is 0 Å². The van der Waals surface area contributed by atoms with E-state index in [4.69, 9.17) is 0 Å². The number of carbonyl (C=O) groups excluding carboxylic acids is 3. The molecule has 0 aliphatic carbocycles. The molecule has 0 bridgehead atoms. The molecule has 3 rings (SSSR count). The molecule has 3 amide bonds. The molecule has 0 saturated carbocycles. The highest BCUT2D eigenvalue weighted by Crippen LogP contribution is 2.26. The van der Waals surface area contributed by atoms with Crippen molar-refractivity contribution in [2.24, 2.45) is 5.92 Å². The first-order valence-electron chi connectivity index (χ1n) is 11.1. The molecule has 1 aromatic heterocycles. The first-order chi connectivity index (χ1) is 15.1. The molecule has 0 unspecified atom stereocenters. The van der Waals surface area contributed by atoms with Crippen LogP contribution < -0.4 is 10.6 Å². The van der Waals surface area contributed by atoms with Gasteiger partial charge in [0.1, 0.15) is 11.2 Å². The molecule has 0 spiro atoms. The van der Waals surface area contributed by atoms with Gasteiger partial charge in [0.05, 0.1) is 6.54 Å². The second kappa shape index (κ2) is 9.54. The van der Waals surface area contributed by atoms with E-state index in [0.29, 0.717) is 24.7 Å². The Balaban J connectivity index is 1.69. The van der Waals surface area contributed by atoms with Gasteiger partial charge in [-0.2, -0.15) is 5.10 Å². The number of hydrogen-bond acceptors (Lipinski definition) is 4. The maximum atomic E-state index is 13.0. The molecule has 1 aliphatic rings. The maximum absolute atomic E-state index is 13.0. The molecule has 2 heterocycles. The smallest absolute Gasteiger partial charge is 0.272 e. The maximum Gasteiger partial charge on any atom is 0.272 e. The van der Waals surface area contributed by atoms with Crippen LogP contribution in [-0.2, 0) is 11.3 Å². The van der Waals surface area contributed by atoms with E-state index in [1.165, 1.54) is 15.6 Å². The lowest BCUT2D eigenvalue weighted by Crippen LogP contribution is -2.62. The SMILES string of the molecule is CC(C)CCNC(=O)[C@]1(C)Cn2nc(C(=O)NC[C@@H](C)c3ccccc3)cc2C(=O)N1C. The molecule has 2 atom stereocenters. The Bertz CT molecular complexity index is 985. The second-order valence-corrected chi connectivity index (χ2v) is 9.17. The van der Waals surface area contributed by atoms with Crippen LogP contribution in [0.4, 0.5) is 0 Å². The standard InChI is InChI=1S/C24H33N5O3/c1-16(2)11-12-25-23(32)24(4)15-29-20(22(31)28(24)5)13-19(27-29)21(30)26-14-17(3)18-9-7-6-8-10-18/h6-10,13,16-17H,11-12,14-15H2,1-5H3,(H,25,32)(H,26,30)/t17-,24+/m1/s1. The molecule has 2 aromatic rings. The van der Waals surface area contributed by atoms with Gasteiger partial charge in [-0.15, -0.1) is 0 Å². The van der Waals surface area contributed by atoms with Gasteiger partial charge in [-0.1, -0.05) is 51.1 Å². The van der Waals surface area contributed by atoms with Crippen molar-refractivity contribution in [2.45, 2.75) is 52.1 Å². The molecular weight excluding hydrogens is 406 g/mol. The summed E-state index contributed by atoms with van der Waals surface area (Å²) in [6.45, 7) is 9.13. The summed E-state index contributed by atoms with van der Waals surface area (Å²) in [5.74, 6) is -0.284.